The monoisotopic (exact) mass is 374 g/mol. The van der Waals surface area contributed by atoms with Crippen LogP contribution in [0.15, 0.2) is 41.5 Å². The topological polar surface area (TPSA) is 157 Å². The molecule has 0 spiro atoms. The molecule has 0 fully saturated rings. The Labute approximate surface area is 152 Å². The van der Waals surface area contributed by atoms with Crippen LogP contribution in [0.4, 0.5) is 11.4 Å². The molecule has 0 saturated carbocycles. The third kappa shape index (κ3) is 4.75. The fourth-order valence-electron chi connectivity index (χ4n) is 2.20. The molecular weight excluding hydrogens is 360 g/mol. The number of amides is 1. The largest absolute Gasteiger partial charge is 0.504 e. The Hall–Kier alpha value is -4.02. The van der Waals surface area contributed by atoms with E-state index in [0.29, 0.717) is 0 Å². The quantitative estimate of drug-likeness (QED) is 0.425. The molecule has 2 rings (SSSR count). The number of benzene rings is 2. The van der Waals surface area contributed by atoms with Crippen LogP contribution in [0.3, 0.4) is 0 Å². The van der Waals surface area contributed by atoms with Gasteiger partial charge in [-0.15, -0.1) is 0 Å². The minimum absolute atomic E-state index is 0.0490. The molecule has 11 nitrogen and oxygen atoms in total. The second-order valence-electron chi connectivity index (χ2n) is 5.20. The molecule has 0 atom stereocenters. The van der Waals surface area contributed by atoms with Crippen molar-refractivity contribution < 1.29 is 24.5 Å². The zero-order valence-corrected chi connectivity index (χ0v) is 14.0. The summed E-state index contributed by atoms with van der Waals surface area (Å²) in [5.74, 6) is -1.16. The van der Waals surface area contributed by atoms with Crippen molar-refractivity contribution in [3.05, 3.63) is 67.8 Å². The Balaban J connectivity index is 2.14. The second-order valence-corrected chi connectivity index (χ2v) is 5.20. The molecule has 0 aliphatic heterocycles. The normalized spacial score (nSPS) is 10.6. The highest BCUT2D eigenvalue weighted by molar-refractivity contribution is 5.88. The van der Waals surface area contributed by atoms with Crippen molar-refractivity contribution in [2.45, 2.75) is 6.42 Å². The summed E-state index contributed by atoms with van der Waals surface area (Å²) in [5, 5.41) is 35.4. The van der Waals surface area contributed by atoms with Gasteiger partial charge in [-0.3, -0.25) is 25.0 Å². The molecule has 11 heteroatoms. The molecule has 0 aliphatic carbocycles. The van der Waals surface area contributed by atoms with Crippen LogP contribution in [-0.2, 0) is 11.2 Å². The summed E-state index contributed by atoms with van der Waals surface area (Å²) in [7, 11) is 1.23. The number of carbonyl (C=O) groups is 1. The lowest BCUT2D eigenvalue weighted by Gasteiger charge is -2.06. The number of nitro groups is 2. The van der Waals surface area contributed by atoms with E-state index in [1.54, 1.807) is 6.07 Å². The summed E-state index contributed by atoms with van der Waals surface area (Å²) in [6.45, 7) is 0. The molecule has 0 unspecified atom stereocenters. The molecule has 2 N–H and O–H groups in total. The van der Waals surface area contributed by atoms with Crippen molar-refractivity contribution in [2.24, 2.45) is 5.10 Å². The molecule has 0 heterocycles. The number of hydrogen-bond donors (Lipinski definition) is 2. The van der Waals surface area contributed by atoms with Gasteiger partial charge in [0.15, 0.2) is 11.5 Å². The number of ether oxygens (including phenoxy) is 1. The molecule has 2 aromatic rings. The lowest BCUT2D eigenvalue weighted by molar-refractivity contribution is -0.385. The van der Waals surface area contributed by atoms with Crippen LogP contribution in [0, 0.1) is 20.2 Å². The van der Waals surface area contributed by atoms with Crippen molar-refractivity contribution in [3.8, 4) is 11.5 Å². The number of nitro benzene ring substituents is 2. The lowest BCUT2D eigenvalue weighted by atomic mass is 10.1. The number of rotatable bonds is 7. The first-order chi connectivity index (χ1) is 12.8. The van der Waals surface area contributed by atoms with E-state index in [1.165, 1.54) is 25.3 Å². The van der Waals surface area contributed by atoms with Crippen molar-refractivity contribution in [3.63, 3.8) is 0 Å². The van der Waals surface area contributed by atoms with Gasteiger partial charge in [-0.25, -0.2) is 5.43 Å². The maximum absolute atomic E-state index is 11.9. The summed E-state index contributed by atoms with van der Waals surface area (Å²) >= 11 is 0. The first-order valence-electron chi connectivity index (χ1n) is 7.43. The number of para-hydroxylation sites is 1. The number of aromatic hydroxyl groups is 1. The fraction of sp³-hybridized carbons (Fsp3) is 0.125. The van der Waals surface area contributed by atoms with Gasteiger partial charge >= 0.3 is 0 Å². The Kier molecular flexibility index (Phi) is 5.99. The molecule has 0 bridgehead atoms. The summed E-state index contributed by atoms with van der Waals surface area (Å²) in [4.78, 5) is 32.5. The van der Waals surface area contributed by atoms with Gasteiger partial charge in [0.1, 0.15) is 0 Å². The van der Waals surface area contributed by atoms with Gasteiger partial charge < -0.3 is 9.84 Å². The Morgan fingerprint density at radius 1 is 1.26 bits per heavy atom. The molecule has 0 saturated heterocycles. The fourth-order valence-corrected chi connectivity index (χ4v) is 2.20. The maximum atomic E-state index is 11.9. The maximum Gasteiger partial charge on any atom is 0.274 e. The third-order valence-corrected chi connectivity index (χ3v) is 3.45. The van der Waals surface area contributed by atoms with E-state index in [-0.39, 0.29) is 40.4 Å². The molecule has 1 amide bonds. The smallest absolute Gasteiger partial charge is 0.274 e. The van der Waals surface area contributed by atoms with Crippen LogP contribution >= 0.6 is 0 Å². The van der Waals surface area contributed by atoms with E-state index < -0.39 is 15.8 Å². The SMILES string of the molecule is COc1cc([N+](=O)[O-])cc(/C=N/NC(=O)Cc2ccccc2[N+](=O)[O-])c1O. The van der Waals surface area contributed by atoms with Gasteiger partial charge in [-0.2, -0.15) is 5.10 Å². The van der Waals surface area contributed by atoms with Crippen LogP contribution in [0.2, 0.25) is 0 Å². The average molecular weight is 374 g/mol. The van der Waals surface area contributed by atoms with Crippen molar-refractivity contribution in [1.29, 1.82) is 0 Å². The number of carbonyl (C=O) groups excluding carboxylic acids is 1. The molecular formula is C16H14N4O7. The molecule has 2 aromatic carbocycles. The number of non-ortho nitro benzene ring substituents is 1. The minimum atomic E-state index is -0.674. The van der Waals surface area contributed by atoms with E-state index in [2.05, 4.69) is 10.5 Å². The van der Waals surface area contributed by atoms with Crippen molar-refractivity contribution in [2.75, 3.05) is 7.11 Å². The van der Waals surface area contributed by atoms with Crippen LogP contribution in [0.1, 0.15) is 11.1 Å². The first kappa shape index (κ1) is 19.3. The highest BCUT2D eigenvalue weighted by Crippen LogP contribution is 2.33. The van der Waals surface area contributed by atoms with Crippen LogP contribution in [0.25, 0.3) is 0 Å². The highest BCUT2D eigenvalue weighted by Gasteiger charge is 2.17. The van der Waals surface area contributed by atoms with Gasteiger partial charge in [-0.1, -0.05) is 18.2 Å². The zero-order valence-electron chi connectivity index (χ0n) is 14.0. The van der Waals surface area contributed by atoms with Gasteiger partial charge in [0.05, 0.1) is 35.7 Å². The highest BCUT2D eigenvalue weighted by atomic mass is 16.6. The Bertz CT molecular complexity index is 927. The van der Waals surface area contributed by atoms with Gasteiger partial charge in [0.2, 0.25) is 5.91 Å². The molecule has 0 aliphatic rings. The van der Waals surface area contributed by atoms with Crippen molar-refractivity contribution >= 4 is 23.5 Å². The number of hydrogen-bond acceptors (Lipinski definition) is 8. The van der Waals surface area contributed by atoms with Gasteiger partial charge in [0, 0.05) is 23.3 Å². The zero-order chi connectivity index (χ0) is 20.0. The van der Waals surface area contributed by atoms with Crippen LogP contribution in [0.5, 0.6) is 11.5 Å². The van der Waals surface area contributed by atoms with Crippen molar-refractivity contribution in [1.82, 2.24) is 5.43 Å². The second kappa shape index (κ2) is 8.38. The van der Waals surface area contributed by atoms with E-state index in [9.17, 15) is 30.1 Å². The predicted octanol–water partition coefficient (Wildman–Crippen LogP) is 1.91. The summed E-state index contributed by atoms with van der Waals surface area (Å²) < 4.78 is 4.85. The van der Waals surface area contributed by atoms with Crippen LogP contribution < -0.4 is 10.2 Å². The molecule has 0 aromatic heterocycles. The average Bonchev–Trinajstić information content (AvgIpc) is 2.63. The summed E-state index contributed by atoms with van der Waals surface area (Å²) in [6, 6.07) is 7.86. The predicted molar refractivity (Wildman–Crippen MR) is 93.9 cm³/mol. The van der Waals surface area contributed by atoms with E-state index in [0.717, 1.165) is 18.3 Å². The molecule has 140 valence electrons. The Morgan fingerprint density at radius 2 is 1.96 bits per heavy atom. The van der Waals surface area contributed by atoms with Crippen LogP contribution in [-0.4, -0.2) is 34.2 Å². The van der Waals surface area contributed by atoms with E-state index >= 15 is 0 Å². The van der Waals surface area contributed by atoms with Gasteiger partial charge in [0.25, 0.3) is 11.4 Å². The number of methoxy groups -OCH3 is 1. The molecule has 27 heavy (non-hydrogen) atoms. The van der Waals surface area contributed by atoms with Gasteiger partial charge in [-0.05, 0) is 0 Å². The number of nitrogens with one attached hydrogen (secondary N) is 1. The van der Waals surface area contributed by atoms with E-state index in [4.69, 9.17) is 4.74 Å². The Morgan fingerprint density at radius 3 is 2.59 bits per heavy atom. The summed E-state index contributed by atoms with van der Waals surface area (Å²) in [6.07, 6.45) is 0.709. The standard InChI is InChI=1S/C16H14N4O7/c1-27-14-8-12(19(23)24)6-11(16(14)22)9-17-18-15(21)7-10-4-2-3-5-13(10)20(25)26/h2-6,8-9,22H,7H2,1H3,(H,18,21)/b17-9+. The summed E-state index contributed by atoms with van der Waals surface area (Å²) in [5.41, 5.74) is 1.77. The number of phenols is 1. The first-order valence-corrected chi connectivity index (χ1v) is 7.43. The lowest BCUT2D eigenvalue weighted by Crippen LogP contribution is -2.20. The van der Waals surface area contributed by atoms with E-state index in [1.807, 2.05) is 0 Å². The third-order valence-electron chi connectivity index (χ3n) is 3.45. The molecule has 0 radical (unpaired) electrons. The minimum Gasteiger partial charge on any atom is -0.504 e. The number of phenolic OH excluding ortho intramolecular Hbond substituents is 1. The number of nitrogens with zero attached hydrogens (tertiary/aromatic N) is 3. The number of hydrazone groups is 1.